The second kappa shape index (κ2) is 5.19. The van der Waals surface area contributed by atoms with E-state index in [4.69, 9.17) is 9.47 Å². The standard InChI is InChI=1S/C14H9BrO3S/c15-10-6-11(19-7-10)2-3-12(16)9-1-4-13-14(5-9)18-8-17-13/h1-7H,8H2/b3-2+. The van der Waals surface area contributed by atoms with Gasteiger partial charge in [0.05, 0.1) is 0 Å². The summed E-state index contributed by atoms with van der Waals surface area (Å²) >= 11 is 4.96. The fourth-order valence-corrected chi connectivity index (χ4v) is 3.06. The highest BCUT2D eigenvalue weighted by molar-refractivity contribution is 9.10. The third-order valence-corrected chi connectivity index (χ3v) is 4.30. The number of allylic oxidation sites excluding steroid dienone is 1. The third kappa shape index (κ3) is 2.72. The predicted octanol–water partition coefficient (Wildman–Crippen LogP) is 4.14. The van der Waals surface area contributed by atoms with E-state index in [0.29, 0.717) is 17.1 Å². The molecular weight excluding hydrogens is 328 g/mol. The summed E-state index contributed by atoms with van der Waals surface area (Å²) in [5.74, 6) is 1.25. The first-order chi connectivity index (χ1) is 9.22. The quantitative estimate of drug-likeness (QED) is 0.624. The Morgan fingerprint density at radius 1 is 1.26 bits per heavy atom. The van der Waals surface area contributed by atoms with Gasteiger partial charge in [-0.05, 0) is 52.3 Å². The maximum atomic E-state index is 12.0. The Labute approximate surface area is 122 Å². The number of carbonyl (C=O) groups is 1. The number of halogens is 1. The van der Waals surface area contributed by atoms with E-state index in [9.17, 15) is 4.79 Å². The molecule has 0 atom stereocenters. The van der Waals surface area contributed by atoms with E-state index in [0.717, 1.165) is 9.35 Å². The topological polar surface area (TPSA) is 35.5 Å². The van der Waals surface area contributed by atoms with Crippen LogP contribution in [0.4, 0.5) is 0 Å². The van der Waals surface area contributed by atoms with Crippen molar-refractivity contribution in [3.63, 3.8) is 0 Å². The number of rotatable bonds is 3. The molecule has 3 nitrogen and oxygen atoms in total. The minimum Gasteiger partial charge on any atom is -0.454 e. The molecule has 0 fully saturated rings. The van der Waals surface area contributed by atoms with Gasteiger partial charge in [0.1, 0.15) is 0 Å². The summed E-state index contributed by atoms with van der Waals surface area (Å²) in [5, 5.41) is 1.98. The zero-order valence-corrected chi connectivity index (χ0v) is 12.2. The lowest BCUT2D eigenvalue weighted by Crippen LogP contribution is -1.94. The smallest absolute Gasteiger partial charge is 0.231 e. The molecule has 0 aliphatic carbocycles. The first-order valence-corrected chi connectivity index (χ1v) is 7.26. The van der Waals surface area contributed by atoms with Gasteiger partial charge >= 0.3 is 0 Å². The molecule has 1 aliphatic rings. The highest BCUT2D eigenvalue weighted by Crippen LogP contribution is 2.32. The van der Waals surface area contributed by atoms with Gasteiger partial charge in [0.25, 0.3) is 0 Å². The van der Waals surface area contributed by atoms with E-state index in [1.165, 1.54) is 0 Å². The van der Waals surface area contributed by atoms with Crippen molar-refractivity contribution in [2.45, 2.75) is 0 Å². The van der Waals surface area contributed by atoms with Gasteiger partial charge < -0.3 is 9.47 Å². The van der Waals surface area contributed by atoms with Crippen LogP contribution in [-0.2, 0) is 0 Å². The van der Waals surface area contributed by atoms with Gasteiger partial charge in [-0.3, -0.25) is 4.79 Å². The monoisotopic (exact) mass is 336 g/mol. The van der Waals surface area contributed by atoms with Crippen molar-refractivity contribution in [2.75, 3.05) is 6.79 Å². The maximum absolute atomic E-state index is 12.0. The molecular formula is C14H9BrO3S. The van der Waals surface area contributed by atoms with E-state index >= 15 is 0 Å². The van der Waals surface area contributed by atoms with Crippen LogP contribution in [0.5, 0.6) is 11.5 Å². The van der Waals surface area contributed by atoms with Crippen LogP contribution in [0, 0.1) is 0 Å². The number of ketones is 1. The van der Waals surface area contributed by atoms with Gasteiger partial charge in [-0.1, -0.05) is 0 Å². The fourth-order valence-electron chi connectivity index (χ4n) is 1.72. The van der Waals surface area contributed by atoms with Crippen LogP contribution in [0.15, 0.2) is 40.2 Å². The Hall–Kier alpha value is -1.59. The molecule has 0 bridgehead atoms. The van der Waals surface area contributed by atoms with Crippen molar-refractivity contribution in [3.8, 4) is 11.5 Å². The van der Waals surface area contributed by atoms with E-state index in [1.54, 1.807) is 35.6 Å². The Bertz CT molecular complexity index is 660. The molecule has 2 aromatic rings. The molecule has 0 amide bonds. The summed E-state index contributed by atoms with van der Waals surface area (Å²) in [4.78, 5) is 13.1. The van der Waals surface area contributed by atoms with Gasteiger partial charge in [-0.15, -0.1) is 11.3 Å². The molecule has 2 heterocycles. The Morgan fingerprint density at radius 2 is 2.11 bits per heavy atom. The Morgan fingerprint density at radius 3 is 2.89 bits per heavy atom. The number of ether oxygens (including phenoxy) is 2. The number of fused-ring (bicyclic) bond motifs is 1. The Kier molecular flexibility index (Phi) is 3.40. The van der Waals surface area contributed by atoms with E-state index in [1.807, 2.05) is 17.5 Å². The molecule has 0 spiro atoms. The van der Waals surface area contributed by atoms with Gasteiger partial charge in [-0.2, -0.15) is 0 Å². The second-order valence-corrected chi connectivity index (χ2v) is 5.79. The van der Waals surface area contributed by atoms with Crippen LogP contribution < -0.4 is 9.47 Å². The van der Waals surface area contributed by atoms with E-state index in [2.05, 4.69) is 15.9 Å². The van der Waals surface area contributed by atoms with Crippen molar-refractivity contribution < 1.29 is 14.3 Å². The second-order valence-electron chi connectivity index (χ2n) is 3.93. The first-order valence-electron chi connectivity index (χ1n) is 5.58. The molecule has 1 aromatic carbocycles. The van der Waals surface area contributed by atoms with Crippen molar-refractivity contribution in [1.82, 2.24) is 0 Å². The van der Waals surface area contributed by atoms with Crippen molar-refractivity contribution >= 4 is 39.1 Å². The molecule has 19 heavy (non-hydrogen) atoms. The third-order valence-electron chi connectivity index (χ3n) is 2.64. The van der Waals surface area contributed by atoms with E-state index in [-0.39, 0.29) is 12.6 Å². The van der Waals surface area contributed by atoms with Gasteiger partial charge in [-0.25, -0.2) is 0 Å². The van der Waals surface area contributed by atoms with E-state index < -0.39 is 0 Å². The predicted molar refractivity (Wildman–Crippen MR) is 77.9 cm³/mol. The van der Waals surface area contributed by atoms with Crippen LogP contribution in [0.2, 0.25) is 0 Å². The molecule has 1 aliphatic heterocycles. The number of benzene rings is 1. The molecule has 0 radical (unpaired) electrons. The summed E-state index contributed by atoms with van der Waals surface area (Å²) in [6.07, 6.45) is 3.37. The lowest BCUT2D eigenvalue weighted by atomic mass is 10.1. The van der Waals surface area contributed by atoms with Gasteiger partial charge in [0.2, 0.25) is 6.79 Å². The number of hydrogen-bond acceptors (Lipinski definition) is 4. The number of carbonyl (C=O) groups excluding carboxylic acids is 1. The zero-order chi connectivity index (χ0) is 13.2. The lowest BCUT2D eigenvalue weighted by molar-refractivity contribution is 0.104. The normalized spacial score (nSPS) is 13.1. The minimum atomic E-state index is -0.0529. The molecule has 0 saturated carbocycles. The van der Waals surface area contributed by atoms with Crippen molar-refractivity contribution in [2.24, 2.45) is 0 Å². The Balaban J connectivity index is 1.79. The SMILES string of the molecule is O=C(/C=C/c1cc(Br)cs1)c1ccc2c(c1)OCO2. The van der Waals surface area contributed by atoms with Crippen molar-refractivity contribution in [3.05, 3.63) is 50.6 Å². The lowest BCUT2D eigenvalue weighted by Gasteiger charge is -1.98. The van der Waals surface area contributed by atoms with Crippen LogP contribution in [0.1, 0.15) is 15.2 Å². The van der Waals surface area contributed by atoms with Gasteiger partial charge in [0, 0.05) is 20.3 Å². The van der Waals surface area contributed by atoms with Crippen molar-refractivity contribution in [1.29, 1.82) is 0 Å². The summed E-state index contributed by atoms with van der Waals surface area (Å²) in [7, 11) is 0. The molecule has 3 rings (SSSR count). The highest BCUT2D eigenvalue weighted by atomic mass is 79.9. The molecule has 0 N–H and O–H groups in total. The average Bonchev–Trinajstić information content (AvgIpc) is 3.03. The number of hydrogen-bond donors (Lipinski definition) is 0. The highest BCUT2D eigenvalue weighted by Gasteiger charge is 2.14. The van der Waals surface area contributed by atoms with Crippen LogP contribution >= 0.6 is 27.3 Å². The summed E-state index contributed by atoms with van der Waals surface area (Å²) < 4.78 is 11.5. The molecule has 5 heteroatoms. The molecule has 0 saturated heterocycles. The van der Waals surface area contributed by atoms with Crippen LogP contribution in [-0.4, -0.2) is 12.6 Å². The molecule has 1 aromatic heterocycles. The number of thiophene rings is 1. The zero-order valence-electron chi connectivity index (χ0n) is 9.76. The average molecular weight is 337 g/mol. The summed E-state index contributed by atoms with van der Waals surface area (Å²) in [5.41, 5.74) is 0.594. The summed E-state index contributed by atoms with van der Waals surface area (Å²) in [6, 6.07) is 7.17. The summed E-state index contributed by atoms with van der Waals surface area (Å²) in [6.45, 7) is 0.214. The minimum absolute atomic E-state index is 0.0529. The molecule has 96 valence electrons. The first kappa shape index (κ1) is 12.4. The fraction of sp³-hybridized carbons (Fsp3) is 0.0714. The largest absolute Gasteiger partial charge is 0.454 e. The maximum Gasteiger partial charge on any atom is 0.231 e. The molecule has 0 unspecified atom stereocenters. The van der Waals surface area contributed by atoms with Crippen LogP contribution in [0.25, 0.3) is 6.08 Å². The van der Waals surface area contributed by atoms with Gasteiger partial charge in [0.15, 0.2) is 17.3 Å². The van der Waals surface area contributed by atoms with Crippen LogP contribution in [0.3, 0.4) is 0 Å².